The molecule has 0 saturated carbocycles. The highest BCUT2D eigenvalue weighted by Crippen LogP contribution is 2.05. The highest BCUT2D eigenvalue weighted by Gasteiger charge is 2.05. The van der Waals surface area contributed by atoms with Gasteiger partial charge in [0, 0.05) is 19.6 Å². The number of carbonyl (C=O) groups is 1. The van der Waals surface area contributed by atoms with Gasteiger partial charge < -0.3 is 10.4 Å². The first-order valence-corrected chi connectivity index (χ1v) is 5.74. The van der Waals surface area contributed by atoms with Crippen LogP contribution in [0.1, 0.15) is 18.9 Å². The Morgan fingerprint density at radius 3 is 2.65 bits per heavy atom. The molecule has 0 aliphatic rings. The highest BCUT2D eigenvalue weighted by molar-refractivity contribution is 5.76. The van der Waals surface area contributed by atoms with Gasteiger partial charge in [-0.25, -0.2) is 4.39 Å². The van der Waals surface area contributed by atoms with Crippen LogP contribution >= 0.6 is 0 Å². The molecule has 1 rings (SSSR count). The van der Waals surface area contributed by atoms with Crippen LogP contribution in [0.5, 0.6) is 0 Å². The van der Waals surface area contributed by atoms with Crippen LogP contribution in [0.4, 0.5) is 4.39 Å². The number of hydrogen-bond acceptors (Lipinski definition) is 2. The molecule has 0 aliphatic carbocycles. The molecular weight excluding hydrogens is 221 g/mol. The van der Waals surface area contributed by atoms with Crippen molar-refractivity contribution in [3.05, 3.63) is 35.6 Å². The molecule has 0 heterocycles. The molecule has 0 aliphatic heterocycles. The van der Waals surface area contributed by atoms with Gasteiger partial charge in [-0.2, -0.15) is 0 Å². The van der Waals surface area contributed by atoms with E-state index in [2.05, 4.69) is 5.32 Å². The molecule has 0 saturated heterocycles. The predicted octanol–water partition coefficient (Wildman–Crippen LogP) is 1.50. The predicted molar refractivity (Wildman–Crippen MR) is 64.0 cm³/mol. The van der Waals surface area contributed by atoms with Crippen molar-refractivity contribution < 1.29 is 14.3 Å². The van der Waals surface area contributed by atoms with Crippen molar-refractivity contribution in [2.45, 2.75) is 19.8 Å². The molecule has 3 nitrogen and oxygen atoms in total. The summed E-state index contributed by atoms with van der Waals surface area (Å²) < 4.78 is 12.6. The Labute approximate surface area is 101 Å². The van der Waals surface area contributed by atoms with Gasteiger partial charge in [0.1, 0.15) is 5.82 Å². The lowest BCUT2D eigenvalue weighted by atomic mass is 10.1. The standard InChI is InChI=1S/C13H18FNO2/c1-10(9-16)8-15-13(17)7-4-11-2-5-12(14)6-3-11/h2-3,5-6,10,16H,4,7-9H2,1H3,(H,15,17). The molecule has 0 radical (unpaired) electrons. The highest BCUT2D eigenvalue weighted by atomic mass is 19.1. The Morgan fingerprint density at radius 2 is 2.06 bits per heavy atom. The van der Waals surface area contributed by atoms with E-state index in [-0.39, 0.29) is 24.2 Å². The quantitative estimate of drug-likeness (QED) is 0.790. The molecule has 0 spiro atoms. The zero-order valence-corrected chi connectivity index (χ0v) is 9.95. The van der Waals surface area contributed by atoms with Gasteiger partial charge in [0.2, 0.25) is 5.91 Å². The first kappa shape index (κ1) is 13.6. The van der Waals surface area contributed by atoms with E-state index < -0.39 is 0 Å². The summed E-state index contributed by atoms with van der Waals surface area (Å²) in [7, 11) is 0. The number of carbonyl (C=O) groups excluding carboxylic acids is 1. The second-order valence-corrected chi connectivity index (χ2v) is 4.22. The van der Waals surface area contributed by atoms with Gasteiger partial charge in [-0.15, -0.1) is 0 Å². The minimum Gasteiger partial charge on any atom is -0.396 e. The molecule has 0 bridgehead atoms. The Morgan fingerprint density at radius 1 is 1.41 bits per heavy atom. The van der Waals surface area contributed by atoms with Crippen molar-refractivity contribution in [2.24, 2.45) is 5.92 Å². The van der Waals surface area contributed by atoms with Crippen molar-refractivity contribution in [3.8, 4) is 0 Å². The van der Waals surface area contributed by atoms with Crippen LogP contribution < -0.4 is 5.32 Å². The van der Waals surface area contributed by atoms with Crippen molar-refractivity contribution in [3.63, 3.8) is 0 Å². The van der Waals surface area contributed by atoms with Gasteiger partial charge in [0.05, 0.1) is 0 Å². The van der Waals surface area contributed by atoms with Gasteiger partial charge >= 0.3 is 0 Å². The summed E-state index contributed by atoms with van der Waals surface area (Å²) in [6.07, 6.45) is 0.976. The third-order valence-corrected chi connectivity index (χ3v) is 2.51. The fraction of sp³-hybridized carbons (Fsp3) is 0.462. The number of aliphatic hydroxyl groups excluding tert-OH is 1. The van der Waals surface area contributed by atoms with E-state index in [1.165, 1.54) is 12.1 Å². The minimum absolute atomic E-state index is 0.0466. The number of nitrogens with one attached hydrogen (secondary N) is 1. The van der Waals surface area contributed by atoms with E-state index in [4.69, 9.17) is 5.11 Å². The lowest BCUT2D eigenvalue weighted by Gasteiger charge is -2.09. The van der Waals surface area contributed by atoms with E-state index >= 15 is 0 Å². The lowest BCUT2D eigenvalue weighted by Crippen LogP contribution is -2.29. The third kappa shape index (κ3) is 5.45. The molecule has 0 fully saturated rings. The summed E-state index contributed by atoms with van der Waals surface area (Å²) in [6, 6.07) is 6.14. The number of aliphatic hydroxyl groups is 1. The number of aryl methyl sites for hydroxylation is 1. The molecule has 1 unspecified atom stereocenters. The van der Waals surface area contributed by atoms with E-state index in [1.54, 1.807) is 12.1 Å². The minimum atomic E-state index is -0.269. The van der Waals surface area contributed by atoms with E-state index in [1.807, 2.05) is 6.92 Å². The topological polar surface area (TPSA) is 49.3 Å². The summed E-state index contributed by atoms with van der Waals surface area (Å²) in [5.41, 5.74) is 0.941. The van der Waals surface area contributed by atoms with Gasteiger partial charge in [-0.3, -0.25) is 4.79 Å². The molecule has 1 atom stereocenters. The molecule has 17 heavy (non-hydrogen) atoms. The SMILES string of the molecule is CC(CO)CNC(=O)CCc1ccc(F)cc1. The first-order valence-electron chi connectivity index (χ1n) is 5.74. The fourth-order valence-corrected chi connectivity index (χ4v) is 1.35. The maximum atomic E-state index is 12.6. The zero-order chi connectivity index (χ0) is 12.7. The van der Waals surface area contributed by atoms with Crippen LogP contribution in [0, 0.1) is 11.7 Å². The average Bonchev–Trinajstić information content (AvgIpc) is 2.35. The summed E-state index contributed by atoms with van der Waals surface area (Å²) >= 11 is 0. The van der Waals surface area contributed by atoms with E-state index in [0.29, 0.717) is 19.4 Å². The number of benzene rings is 1. The maximum absolute atomic E-state index is 12.6. The molecule has 1 aromatic carbocycles. The smallest absolute Gasteiger partial charge is 0.220 e. The summed E-state index contributed by atoms with van der Waals surface area (Å²) in [6.45, 7) is 2.41. The average molecular weight is 239 g/mol. The molecule has 1 amide bonds. The second-order valence-electron chi connectivity index (χ2n) is 4.22. The monoisotopic (exact) mass is 239 g/mol. The third-order valence-electron chi connectivity index (χ3n) is 2.51. The van der Waals surface area contributed by atoms with Crippen molar-refractivity contribution in [1.82, 2.24) is 5.32 Å². The summed E-state index contributed by atoms with van der Waals surface area (Å²) in [5.74, 6) is -0.241. The maximum Gasteiger partial charge on any atom is 0.220 e. The van der Waals surface area contributed by atoms with Gasteiger partial charge in [-0.05, 0) is 30.0 Å². The molecule has 0 aromatic heterocycles. The lowest BCUT2D eigenvalue weighted by molar-refractivity contribution is -0.121. The van der Waals surface area contributed by atoms with E-state index in [9.17, 15) is 9.18 Å². The van der Waals surface area contributed by atoms with Crippen molar-refractivity contribution in [1.29, 1.82) is 0 Å². The van der Waals surface area contributed by atoms with Gasteiger partial charge in [-0.1, -0.05) is 19.1 Å². The van der Waals surface area contributed by atoms with Crippen LogP contribution in [-0.4, -0.2) is 24.2 Å². The van der Waals surface area contributed by atoms with Crippen LogP contribution in [0.25, 0.3) is 0 Å². The van der Waals surface area contributed by atoms with Gasteiger partial charge in [0.15, 0.2) is 0 Å². The summed E-state index contributed by atoms with van der Waals surface area (Å²) in [4.78, 5) is 11.4. The number of halogens is 1. The number of rotatable bonds is 6. The Kier molecular flexibility index (Phi) is 5.63. The molecule has 94 valence electrons. The van der Waals surface area contributed by atoms with E-state index in [0.717, 1.165) is 5.56 Å². The second kappa shape index (κ2) is 7.01. The van der Waals surface area contributed by atoms with Crippen molar-refractivity contribution in [2.75, 3.05) is 13.2 Å². The molecule has 1 aromatic rings. The van der Waals surface area contributed by atoms with Crippen LogP contribution in [0.3, 0.4) is 0 Å². The first-order chi connectivity index (χ1) is 8.11. The molecule has 2 N–H and O–H groups in total. The fourth-order valence-electron chi connectivity index (χ4n) is 1.35. The largest absolute Gasteiger partial charge is 0.396 e. The van der Waals surface area contributed by atoms with Crippen LogP contribution in [0.15, 0.2) is 24.3 Å². The normalized spacial score (nSPS) is 12.2. The van der Waals surface area contributed by atoms with Crippen molar-refractivity contribution >= 4 is 5.91 Å². The zero-order valence-electron chi connectivity index (χ0n) is 9.95. The molecule has 4 heteroatoms. The summed E-state index contributed by atoms with van der Waals surface area (Å²) in [5, 5.41) is 11.5. The van der Waals surface area contributed by atoms with Gasteiger partial charge in [0.25, 0.3) is 0 Å². The number of hydrogen-bond donors (Lipinski definition) is 2. The number of amides is 1. The molecular formula is C13H18FNO2. The Balaban J connectivity index is 2.26. The Hall–Kier alpha value is -1.42. The van der Waals surface area contributed by atoms with Crippen LogP contribution in [0.2, 0.25) is 0 Å². The van der Waals surface area contributed by atoms with Crippen LogP contribution in [-0.2, 0) is 11.2 Å². The Bertz CT molecular complexity index is 351.